The molecule has 2 atom stereocenters. The third-order valence-electron chi connectivity index (χ3n) is 5.90. The van der Waals surface area contributed by atoms with Crippen LogP contribution in [-0.2, 0) is 4.79 Å². The molecule has 0 spiro atoms. The number of anilines is 1. The van der Waals surface area contributed by atoms with Crippen LogP contribution in [0.5, 0.6) is 0 Å². The fourth-order valence-electron chi connectivity index (χ4n) is 4.69. The van der Waals surface area contributed by atoms with E-state index in [4.69, 9.17) is 4.98 Å². The fraction of sp³-hybridized carbons (Fsp3) is 0.762. The van der Waals surface area contributed by atoms with Crippen molar-refractivity contribution >= 4 is 11.6 Å². The van der Waals surface area contributed by atoms with Crippen LogP contribution in [0, 0.1) is 0 Å². The molecule has 1 aromatic rings. The number of Topliss-reactive ketones (excluding diaryl/α,β-unsaturated/α-hetero) is 1. The summed E-state index contributed by atoms with van der Waals surface area (Å²) in [7, 11) is 0. The Morgan fingerprint density at radius 3 is 2.27 bits per heavy atom. The zero-order valence-corrected chi connectivity index (χ0v) is 16.7. The fourth-order valence-corrected chi connectivity index (χ4v) is 4.69. The van der Waals surface area contributed by atoms with Gasteiger partial charge in [-0.05, 0) is 52.1 Å². The van der Waals surface area contributed by atoms with E-state index in [9.17, 15) is 4.79 Å². The molecule has 2 unspecified atom stereocenters. The molecule has 1 aliphatic carbocycles. The summed E-state index contributed by atoms with van der Waals surface area (Å²) in [6.07, 6.45) is 11.3. The number of likely N-dealkylation sites (N-methyl/N-ethyl adjacent to an activating group) is 1. The number of rotatable bonds is 3. The van der Waals surface area contributed by atoms with Gasteiger partial charge in [0.1, 0.15) is 17.4 Å². The molecule has 3 heterocycles. The molecular weight excluding hydrogens is 324 g/mol. The van der Waals surface area contributed by atoms with Gasteiger partial charge in [-0.2, -0.15) is 0 Å². The van der Waals surface area contributed by atoms with Crippen molar-refractivity contribution < 1.29 is 4.79 Å². The van der Waals surface area contributed by atoms with Crippen molar-refractivity contribution in [3.63, 3.8) is 0 Å². The molecule has 1 aromatic heterocycles. The van der Waals surface area contributed by atoms with Crippen LogP contribution in [0.1, 0.15) is 77.5 Å². The topological polar surface area (TPSA) is 49.3 Å². The minimum Gasteiger partial charge on any atom is -0.348 e. The summed E-state index contributed by atoms with van der Waals surface area (Å²) in [6, 6.07) is 3.46. The minimum absolute atomic E-state index is 0.167. The molecule has 144 valence electrons. The largest absolute Gasteiger partial charge is 0.348 e. The molecule has 3 fully saturated rings. The minimum atomic E-state index is 0.167. The maximum Gasteiger partial charge on any atom is 0.133 e. The monoisotopic (exact) mass is 358 g/mol. The Balaban J connectivity index is 0.000000447. The van der Waals surface area contributed by atoms with Gasteiger partial charge in [-0.15, -0.1) is 0 Å². The normalized spacial score (nSPS) is 26.3. The molecule has 3 aliphatic rings. The first-order chi connectivity index (χ1) is 12.6. The van der Waals surface area contributed by atoms with Gasteiger partial charge in [0.25, 0.3) is 0 Å². The summed E-state index contributed by atoms with van der Waals surface area (Å²) in [4.78, 5) is 24.3. The highest BCUT2D eigenvalue weighted by Crippen LogP contribution is 2.35. The van der Waals surface area contributed by atoms with Crippen LogP contribution in [0.2, 0.25) is 0 Å². The summed E-state index contributed by atoms with van der Waals surface area (Å²) in [5, 5.41) is 0. The molecule has 1 saturated carbocycles. The quantitative estimate of drug-likeness (QED) is 0.823. The number of hydrogen-bond acceptors (Lipinski definition) is 5. The van der Waals surface area contributed by atoms with Crippen LogP contribution in [0.4, 0.5) is 5.82 Å². The van der Waals surface area contributed by atoms with Gasteiger partial charge in [-0.1, -0.05) is 26.2 Å². The lowest BCUT2D eigenvalue weighted by atomic mass is 9.89. The smallest absolute Gasteiger partial charge is 0.133 e. The van der Waals surface area contributed by atoms with E-state index in [0.29, 0.717) is 18.0 Å². The van der Waals surface area contributed by atoms with Crippen LogP contribution in [0.15, 0.2) is 12.3 Å². The van der Waals surface area contributed by atoms with Gasteiger partial charge in [0, 0.05) is 37.3 Å². The highest BCUT2D eigenvalue weighted by Gasteiger charge is 2.40. The van der Waals surface area contributed by atoms with Gasteiger partial charge in [0.05, 0.1) is 0 Å². The van der Waals surface area contributed by atoms with Crippen molar-refractivity contribution in [1.29, 1.82) is 0 Å². The molecule has 5 heteroatoms. The first-order valence-corrected chi connectivity index (χ1v) is 10.4. The Morgan fingerprint density at radius 2 is 1.69 bits per heavy atom. The van der Waals surface area contributed by atoms with Crippen molar-refractivity contribution in [2.24, 2.45) is 0 Å². The van der Waals surface area contributed by atoms with Crippen molar-refractivity contribution in [2.45, 2.75) is 83.7 Å². The Hall–Kier alpha value is -1.49. The second-order valence-electron chi connectivity index (χ2n) is 8.16. The predicted molar refractivity (Wildman–Crippen MR) is 106 cm³/mol. The number of nitrogens with zero attached hydrogens (tertiary/aromatic N) is 4. The molecule has 26 heavy (non-hydrogen) atoms. The maximum atomic E-state index is 9.44. The number of ketones is 1. The van der Waals surface area contributed by atoms with E-state index in [0.717, 1.165) is 5.82 Å². The molecule has 2 saturated heterocycles. The zero-order chi connectivity index (χ0) is 18.5. The number of hydrogen-bond donors (Lipinski definition) is 0. The number of aromatic nitrogens is 2. The average molecular weight is 359 g/mol. The third kappa shape index (κ3) is 4.61. The molecular formula is C21H34N4O. The van der Waals surface area contributed by atoms with Gasteiger partial charge in [-0.3, -0.25) is 4.90 Å². The molecule has 5 nitrogen and oxygen atoms in total. The summed E-state index contributed by atoms with van der Waals surface area (Å²) in [6.45, 7) is 8.92. The lowest BCUT2D eigenvalue weighted by Crippen LogP contribution is -2.54. The van der Waals surface area contributed by atoms with Crippen molar-refractivity contribution in [2.75, 3.05) is 24.5 Å². The van der Waals surface area contributed by atoms with E-state index in [1.165, 1.54) is 84.2 Å². The maximum absolute atomic E-state index is 9.44. The standard InChI is InChI=1S/C18H28N4.C3H6O/c1-2-21-12-15-8-9-16(13-21)22(15)17-10-11-19-18(20-17)14-6-4-3-5-7-14;1-3(2)4/h10-11,14-16H,2-9,12-13H2,1H3;1-2H3. The Morgan fingerprint density at radius 1 is 1.08 bits per heavy atom. The summed E-state index contributed by atoms with van der Waals surface area (Å²) in [5.41, 5.74) is 0. The van der Waals surface area contributed by atoms with Crippen molar-refractivity contribution in [1.82, 2.24) is 14.9 Å². The summed E-state index contributed by atoms with van der Waals surface area (Å²) >= 11 is 0. The van der Waals surface area contributed by atoms with Gasteiger partial charge < -0.3 is 9.69 Å². The van der Waals surface area contributed by atoms with Gasteiger partial charge >= 0.3 is 0 Å². The first kappa shape index (κ1) is 19.3. The van der Waals surface area contributed by atoms with Crippen molar-refractivity contribution in [3.05, 3.63) is 18.1 Å². The van der Waals surface area contributed by atoms with Gasteiger partial charge in [0.15, 0.2) is 0 Å². The third-order valence-corrected chi connectivity index (χ3v) is 5.90. The van der Waals surface area contributed by atoms with E-state index >= 15 is 0 Å². The van der Waals surface area contributed by atoms with Crippen LogP contribution < -0.4 is 4.90 Å². The molecule has 0 amide bonds. The molecule has 0 aromatic carbocycles. The second-order valence-corrected chi connectivity index (χ2v) is 8.16. The zero-order valence-electron chi connectivity index (χ0n) is 16.7. The van der Waals surface area contributed by atoms with E-state index in [1.807, 2.05) is 6.20 Å². The SMILES string of the molecule is CC(C)=O.CCN1CC2CCC(C1)N2c1ccnc(C2CCCCC2)n1. The van der Waals surface area contributed by atoms with Gasteiger partial charge in [0.2, 0.25) is 0 Å². The van der Waals surface area contributed by atoms with Crippen LogP contribution in [0.25, 0.3) is 0 Å². The second kappa shape index (κ2) is 8.94. The molecule has 0 N–H and O–H groups in total. The highest BCUT2D eigenvalue weighted by atomic mass is 16.1. The predicted octanol–water partition coefficient (Wildman–Crippen LogP) is 3.79. The van der Waals surface area contributed by atoms with E-state index in [1.54, 1.807) is 0 Å². The number of carbonyl (C=O) groups excluding carboxylic acids is 1. The Kier molecular flexibility index (Phi) is 6.63. The van der Waals surface area contributed by atoms with E-state index < -0.39 is 0 Å². The van der Waals surface area contributed by atoms with Crippen LogP contribution in [0.3, 0.4) is 0 Å². The molecule has 2 bridgehead atoms. The molecule has 2 aliphatic heterocycles. The number of likely N-dealkylation sites (tertiary alicyclic amines) is 1. The lowest BCUT2D eigenvalue weighted by molar-refractivity contribution is -0.114. The van der Waals surface area contributed by atoms with Crippen molar-refractivity contribution in [3.8, 4) is 0 Å². The summed E-state index contributed by atoms with van der Waals surface area (Å²) < 4.78 is 0. The first-order valence-electron chi connectivity index (χ1n) is 10.4. The lowest BCUT2D eigenvalue weighted by Gasteiger charge is -2.41. The Bertz CT molecular complexity index is 581. The molecule has 4 rings (SSSR count). The van der Waals surface area contributed by atoms with E-state index in [-0.39, 0.29) is 5.78 Å². The highest BCUT2D eigenvalue weighted by molar-refractivity contribution is 5.72. The molecule has 0 radical (unpaired) electrons. The van der Waals surface area contributed by atoms with Crippen LogP contribution in [-0.4, -0.2) is 52.4 Å². The van der Waals surface area contributed by atoms with E-state index in [2.05, 4.69) is 27.8 Å². The number of piperazine rings is 1. The van der Waals surface area contributed by atoms with Gasteiger partial charge in [-0.25, -0.2) is 9.97 Å². The summed E-state index contributed by atoms with van der Waals surface area (Å²) in [5.74, 6) is 3.07. The number of carbonyl (C=O) groups is 1. The Labute approximate surface area is 158 Å². The number of fused-ring (bicyclic) bond motifs is 2. The average Bonchev–Trinajstić information content (AvgIpc) is 2.92. The van der Waals surface area contributed by atoms with Crippen LogP contribution >= 0.6 is 0 Å².